The molecule has 5 heteroatoms. The maximum Gasteiger partial charge on any atom is 0.238 e. The predicted octanol–water partition coefficient (Wildman–Crippen LogP) is 12.7. The minimum atomic E-state index is 0.559. The van der Waals surface area contributed by atoms with Crippen molar-refractivity contribution in [1.29, 1.82) is 0 Å². The average Bonchev–Trinajstić information content (AvgIpc) is 3.80. The Bertz CT molecular complexity index is 3220. The third kappa shape index (κ3) is 5.13. The van der Waals surface area contributed by atoms with Crippen LogP contribution in [-0.4, -0.2) is 24.1 Å². The van der Waals surface area contributed by atoms with Gasteiger partial charge in [0, 0.05) is 43.9 Å². The zero-order valence-electron chi connectivity index (χ0n) is 30.3. The van der Waals surface area contributed by atoms with Gasteiger partial charge >= 0.3 is 0 Å². The maximum absolute atomic E-state index is 5.38. The summed E-state index contributed by atoms with van der Waals surface area (Å²) in [7, 11) is 0. The summed E-state index contributed by atoms with van der Waals surface area (Å²) < 4.78 is 4.68. The molecule has 0 saturated carbocycles. The van der Waals surface area contributed by atoms with Gasteiger partial charge in [0.05, 0.1) is 22.1 Å². The van der Waals surface area contributed by atoms with Gasteiger partial charge in [-0.05, 0) is 53.1 Å². The first kappa shape index (κ1) is 31.9. The number of fused-ring (bicyclic) bond motifs is 7. The van der Waals surface area contributed by atoms with E-state index in [9.17, 15) is 0 Å². The second kappa shape index (κ2) is 13.0. The molecule has 262 valence electrons. The Balaban J connectivity index is 1.30. The molecule has 11 rings (SSSR count). The van der Waals surface area contributed by atoms with E-state index in [1.807, 2.05) is 24.3 Å². The first-order valence-corrected chi connectivity index (χ1v) is 18.9. The minimum Gasteiger partial charge on any atom is -0.309 e. The molecule has 0 unspecified atom stereocenters. The van der Waals surface area contributed by atoms with E-state index in [1.54, 1.807) is 0 Å². The van der Waals surface area contributed by atoms with Crippen molar-refractivity contribution in [3.63, 3.8) is 0 Å². The number of aromatic nitrogens is 5. The Labute approximate surface area is 323 Å². The van der Waals surface area contributed by atoms with E-state index < -0.39 is 0 Å². The van der Waals surface area contributed by atoms with Gasteiger partial charge in [-0.2, -0.15) is 9.97 Å². The van der Waals surface area contributed by atoms with Crippen molar-refractivity contribution in [2.24, 2.45) is 0 Å². The van der Waals surface area contributed by atoms with Crippen LogP contribution in [0.1, 0.15) is 0 Å². The number of hydrogen-bond donors (Lipinski definition) is 0. The van der Waals surface area contributed by atoms with E-state index in [4.69, 9.17) is 15.0 Å². The molecule has 0 fully saturated rings. The first-order valence-electron chi connectivity index (χ1n) is 18.9. The molecule has 0 bridgehead atoms. The molecular formula is C51H33N5. The highest BCUT2D eigenvalue weighted by molar-refractivity contribution is 6.29. The normalized spacial score (nSPS) is 11.6. The molecule has 0 radical (unpaired) electrons. The highest BCUT2D eigenvalue weighted by atomic mass is 15.2. The van der Waals surface area contributed by atoms with Crippen LogP contribution in [0.15, 0.2) is 200 Å². The monoisotopic (exact) mass is 715 g/mol. The van der Waals surface area contributed by atoms with E-state index in [2.05, 4.69) is 185 Å². The van der Waals surface area contributed by atoms with Crippen LogP contribution in [0.3, 0.4) is 0 Å². The smallest absolute Gasteiger partial charge is 0.238 e. The Morgan fingerprint density at radius 3 is 1.54 bits per heavy atom. The molecule has 56 heavy (non-hydrogen) atoms. The SMILES string of the molecule is c1ccc(-c2cccc(-c3nc(-c4ccccc4)nc(-n4c5ccccc5c5c4c(-c4ccccc4)cc4c6ccccc6n(-c6ccccc6)c45)n3)c2)cc1. The van der Waals surface area contributed by atoms with Crippen LogP contribution in [0.25, 0.3) is 100 Å². The molecule has 3 aromatic heterocycles. The van der Waals surface area contributed by atoms with E-state index in [0.717, 1.165) is 71.9 Å². The highest BCUT2D eigenvalue weighted by Gasteiger charge is 2.26. The van der Waals surface area contributed by atoms with E-state index in [1.165, 1.54) is 10.8 Å². The zero-order valence-corrected chi connectivity index (χ0v) is 30.3. The molecule has 3 heterocycles. The van der Waals surface area contributed by atoms with Crippen LogP contribution in [-0.2, 0) is 0 Å². The Hall–Kier alpha value is -7.63. The van der Waals surface area contributed by atoms with Crippen LogP contribution in [0.4, 0.5) is 0 Å². The minimum absolute atomic E-state index is 0.559. The van der Waals surface area contributed by atoms with Gasteiger partial charge < -0.3 is 4.57 Å². The predicted molar refractivity (Wildman–Crippen MR) is 230 cm³/mol. The molecule has 0 aliphatic heterocycles. The number of rotatable bonds is 6. The van der Waals surface area contributed by atoms with Crippen molar-refractivity contribution in [2.45, 2.75) is 0 Å². The third-order valence-corrected chi connectivity index (χ3v) is 10.8. The Morgan fingerprint density at radius 1 is 0.321 bits per heavy atom. The number of benzene rings is 8. The highest BCUT2D eigenvalue weighted by Crippen LogP contribution is 2.46. The molecule has 0 N–H and O–H groups in total. The Kier molecular flexibility index (Phi) is 7.42. The van der Waals surface area contributed by atoms with Gasteiger partial charge in [0.25, 0.3) is 0 Å². The topological polar surface area (TPSA) is 48.5 Å². The van der Waals surface area contributed by atoms with Gasteiger partial charge in [-0.1, -0.05) is 164 Å². The van der Waals surface area contributed by atoms with Crippen LogP contribution in [0.2, 0.25) is 0 Å². The molecule has 8 aromatic carbocycles. The third-order valence-electron chi connectivity index (χ3n) is 10.8. The van der Waals surface area contributed by atoms with Crippen molar-refractivity contribution >= 4 is 43.6 Å². The van der Waals surface area contributed by atoms with Crippen molar-refractivity contribution in [3.8, 4) is 56.7 Å². The second-order valence-corrected chi connectivity index (χ2v) is 14.0. The molecule has 0 saturated heterocycles. The van der Waals surface area contributed by atoms with Gasteiger partial charge in [0.15, 0.2) is 11.6 Å². The van der Waals surface area contributed by atoms with Gasteiger partial charge in [0.2, 0.25) is 5.95 Å². The maximum atomic E-state index is 5.38. The van der Waals surface area contributed by atoms with Crippen LogP contribution >= 0.6 is 0 Å². The first-order chi connectivity index (χ1) is 27.8. The van der Waals surface area contributed by atoms with E-state index in [-0.39, 0.29) is 0 Å². The van der Waals surface area contributed by atoms with Crippen LogP contribution < -0.4 is 0 Å². The lowest BCUT2D eigenvalue weighted by molar-refractivity contribution is 0.954. The molecule has 5 nitrogen and oxygen atoms in total. The van der Waals surface area contributed by atoms with Crippen molar-refractivity contribution in [3.05, 3.63) is 200 Å². The summed E-state index contributed by atoms with van der Waals surface area (Å²) in [6.07, 6.45) is 0. The lowest BCUT2D eigenvalue weighted by Gasteiger charge is -2.14. The van der Waals surface area contributed by atoms with Crippen LogP contribution in [0.5, 0.6) is 0 Å². The van der Waals surface area contributed by atoms with E-state index >= 15 is 0 Å². The molecule has 11 aromatic rings. The summed E-state index contributed by atoms with van der Waals surface area (Å²) in [4.78, 5) is 15.9. The second-order valence-electron chi connectivity index (χ2n) is 14.0. The summed E-state index contributed by atoms with van der Waals surface area (Å²) in [6, 6.07) is 70.2. The summed E-state index contributed by atoms with van der Waals surface area (Å²) in [5.41, 5.74) is 11.8. The van der Waals surface area contributed by atoms with Gasteiger partial charge in [-0.15, -0.1) is 0 Å². The van der Waals surface area contributed by atoms with Gasteiger partial charge in [0.1, 0.15) is 0 Å². The lowest BCUT2D eigenvalue weighted by Crippen LogP contribution is -2.07. The Morgan fingerprint density at radius 2 is 0.839 bits per heavy atom. The fourth-order valence-electron chi connectivity index (χ4n) is 8.27. The molecular weight excluding hydrogens is 683 g/mol. The van der Waals surface area contributed by atoms with Crippen molar-refractivity contribution in [2.75, 3.05) is 0 Å². The van der Waals surface area contributed by atoms with E-state index in [0.29, 0.717) is 17.6 Å². The standard InChI is InChI=1S/C51H33N5/c1-5-18-34(19-6-1)37-24-17-25-38(32-37)50-52-49(36-22-9-3-10-23-36)53-51(54-50)56-45-31-16-14-29-41(45)46-47(56)42(35-20-7-2-8-21-35)33-43-40-28-13-15-30-44(40)55(48(43)46)39-26-11-4-12-27-39/h1-33H. The summed E-state index contributed by atoms with van der Waals surface area (Å²) in [5.74, 6) is 1.78. The molecule has 0 atom stereocenters. The quantitative estimate of drug-likeness (QED) is 0.172. The number of hydrogen-bond acceptors (Lipinski definition) is 3. The van der Waals surface area contributed by atoms with Crippen molar-refractivity contribution < 1.29 is 0 Å². The number of para-hydroxylation sites is 3. The zero-order chi connectivity index (χ0) is 37.0. The van der Waals surface area contributed by atoms with Crippen LogP contribution in [0, 0.1) is 0 Å². The largest absolute Gasteiger partial charge is 0.309 e. The summed E-state index contributed by atoms with van der Waals surface area (Å²) in [5, 5.41) is 4.66. The molecule has 0 aliphatic rings. The fourth-order valence-corrected chi connectivity index (χ4v) is 8.27. The van der Waals surface area contributed by atoms with Crippen molar-refractivity contribution in [1.82, 2.24) is 24.1 Å². The van der Waals surface area contributed by atoms with Gasteiger partial charge in [-0.3, -0.25) is 4.57 Å². The molecule has 0 aliphatic carbocycles. The molecule has 0 spiro atoms. The fraction of sp³-hybridized carbons (Fsp3) is 0. The molecule has 0 amide bonds. The average molecular weight is 716 g/mol. The number of nitrogens with zero attached hydrogens (tertiary/aromatic N) is 5. The summed E-state index contributed by atoms with van der Waals surface area (Å²) >= 11 is 0. The van der Waals surface area contributed by atoms with Gasteiger partial charge in [-0.25, -0.2) is 4.98 Å². The lowest BCUT2D eigenvalue weighted by atomic mass is 9.98. The summed E-state index contributed by atoms with van der Waals surface area (Å²) in [6.45, 7) is 0.